The third-order valence-electron chi connectivity index (χ3n) is 4.30. The van der Waals surface area contributed by atoms with Crippen LogP contribution in [0.15, 0.2) is 51.9 Å². The number of ether oxygens (including phenoxy) is 2. The van der Waals surface area contributed by atoms with E-state index in [1.807, 2.05) is 19.9 Å². The van der Waals surface area contributed by atoms with E-state index in [9.17, 15) is 8.42 Å². The van der Waals surface area contributed by atoms with Crippen LogP contribution >= 0.6 is 0 Å². The van der Waals surface area contributed by atoms with Crippen LogP contribution in [0.2, 0.25) is 0 Å². The molecule has 0 aliphatic carbocycles. The molecule has 0 aliphatic heterocycles. The Morgan fingerprint density at radius 2 is 1.86 bits per heavy atom. The Labute approximate surface area is 164 Å². The first-order chi connectivity index (χ1) is 13.4. The third kappa shape index (κ3) is 3.96. The summed E-state index contributed by atoms with van der Waals surface area (Å²) in [4.78, 5) is 0.173. The summed E-state index contributed by atoms with van der Waals surface area (Å²) in [6, 6.07) is 11.9. The first-order valence-corrected chi connectivity index (χ1v) is 10.2. The van der Waals surface area contributed by atoms with Crippen LogP contribution in [0.5, 0.6) is 11.5 Å². The molecular weight excluding hydrogens is 380 g/mol. The van der Waals surface area contributed by atoms with E-state index in [0.29, 0.717) is 40.5 Å². The molecule has 1 N–H and O–H groups in total. The predicted molar refractivity (Wildman–Crippen MR) is 106 cm³/mol. The van der Waals surface area contributed by atoms with Gasteiger partial charge in [-0.05, 0) is 37.1 Å². The summed E-state index contributed by atoms with van der Waals surface area (Å²) in [5, 5.41) is 3.87. The second-order valence-electron chi connectivity index (χ2n) is 6.18. The van der Waals surface area contributed by atoms with Gasteiger partial charge < -0.3 is 14.0 Å². The fraction of sp³-hybridized carbons (Fsp3) is 0.250. The van der Waals surface area contributed by atoms with Crippen LogP contribution in [0.25, 0.3) is 11.3 Å². The number of hydrogen-bond donors (Lipinski definition) is 1. The molecule has 148 valence electrons. The monoisotopic (exact) mass is 402 g/mol. The highest BCUT2D eigenvalue weighted by Crippen LogP contribution is 2.33. The first-order valence-electron chi connectivity index (χ1n) is 8.69. The third-order valence-corrected chi connectivity index (χ3v) is 5.75. The summed E-state index contributed by atoms with van der Waals surface area (Å²) >= 11 is 0. The van der Waals surface area contributed by atoms with Crippen LogP contribution in [0.3, 0.4) is 0 Å². The molecular formula is C20H22N2O5S. The zero-order chi connectivity index (χ0) is 20.3. The van der Waals surface area contributed by atoms with Gasteiger partial charge in [0.1, 0.15) is 11.5 Å². The molecule has 2 aromatic carbocycles. The molecule has 3 aromatic rings. The molecule has 0 bridgehead atoms. The Morgan fingerprint density at radius 3 is 2.46 bits per heavy atom. The molecule has 1 heterocycles. The van der Waals surface area contributed by atoms with Crippen LogP contribution < -0.4 is 14.2 Å². The van der Waals surface area contributed by atoms with Crippen molar-refractivity contribution in [2.75, 3.05) is 18.9 Å². The predicted octanol–water partition coefficient (Wildman–Crippen LogP) is 4.03. The average molecular weight is 402 g/mol. The molecule has 0 saturated heterocycles. The van der Waals surface area contributed by atoms with E-state index >= 15 is 0 Å². The fourth-order valence-electron chi connectivity index (χ4n) is 2.84. The summed E-state index contributed by atoms with van der Waals surface area (Å²) in [5.74, 6) is 1.42. The van der Waals surface area contributed by atoms with Crippen molar-refractivity contribution in [1.82, 2.24) is 5.16 Å². The number of rotatable bonds is 7. The van der Waals surface area contributed by atoms with Crippen molar-refractivity contribution in [3.63, 3.8) is 0 Å². The molecule has 28 heavy (non-hydrogen) atoms. The molecule has 0 aliphatic rings. The fourth-order valence-corrected chi connectivity index (χ4v) is 4.24. The van der Waals surface area contributed by atoms with Crippen molar-refractivity contribution in [2.45, 2.75) is 25.2 Å². The van der Waals surface area contributed by atoms with Crippen LogP contribution in [0.1, 0.15) is 18.2 Å². The SMILES string of the molecule is CCc1ccc(-c2cc(C)no2)cc1S(=O)(=O)Nc1cc(OC)ccc1OC. The second kappa shape index (κ2) is 7.93. The zero-order valence-corrected chi connectivity index (χ0v) is 17.0. The lowest BCUT2D eigenvalue weighted by Crippen LogP contribution is -2.15. The summed E-state index contributed by atoms with van der Waals surface area (Å²) in [6.07, 6.45) is 0.557. The maximum absolute atomic E-state index is 13.2. The Bertz CT molecular complexity index is 1090. The zero-order valence-electron chi connectivity index (χ0n) is 16.1. The highest BCUT2D eigenvalue weighted by Gasteiger charge is 2.22. The maximum Gasteiger partial charge on any atom is 0.262 e. The smallest absolute Gasteiger partial charge is 0.262 e. The summed E-state index contributed by atoms with van der Waals surface area (Å²) in [6.45, 7) is 3.71. The molecule has 0 atom stereocenters. The molecule has 8 heteroatoms. The van der Waals surface area contributed by atoms with Gasteiger partial charge in [0.25, 0.3) is 10.0 Å². The number of hydrogen-bond acceptors (Lipinski definition) is 6. The topological polar surface area (TPSA) is 90.7 Å². The van der Waals surface area contributed by atoms with Gasteiger partial charge >= 0.3 is 0 Å². The van der Waals surface area contributed by atoms with Gasteiger partial charge in [0, 0.05) is 17.7 Å². The van der Waals surface area contributed by atoms with Gasteiger partial charge in [-0.1, -0.05) is 24.2 Å². The van der Waals surface area contributed by atoms with E-state index in [1.54, 1.807) is 36.4 Å². The molecule has 1 aromatic heterocycles. The van der Waals surface area contributed by atoms with Crippen molar-refractivity contribution >= 4 is 15.7 Å². The Morgan fingerprint density at radius 1 is 1.07 bits per heavy atom. The lowest BCUT2D eigenvalue weighted by atomic mass is 10.1. The Kier molecular flexibility index (Phi) is 5.60. The normalized spacial score (nSPS) is 11.3. The van der Waals surface area contributed by atoms with Crippen molar-refractivity contribution in [1.29, 1.82) is 0 Å². The van der Waals surface area contributed by atoms with Gasteiger partial charge in [-0.2, -0.15) is 0 Å². The van der Waals surface area contributed by atoms with E-state index < -0.39 is 10.0 Å². The van der Waals surface area contributed by atoms with Crippen LogP contribution in [0, 0.1) is 6.92 Å². The van der Waals surface area contributed by atoms with E-state index in [2.05, 4.69) is 9.88 Å². The number of anilines is 1. The Hall–Kier alpha value is -3.00. The van der Waals surface area contributed by atoms with Crippen LogP contribution in [-0.4, -0.2) is 27.8 Å². The standard InChI is InChI=1S/C20H22N2O5S/c1-5-14-6-7-15(19-10-13(2)21-27-19)11-20(14)28(23,24)22-17-12-16(25-3)8-9-18(17)26-4/h6-12,22H,5H2,1-4H3. The molecule has 0 radical (unpaired) electrons. The van der Waals surface area contributed by atoms with Crippen molar-refractivity contribution in [2.24, 2.45) is 0 Å². The number of benzene rings is 2. The van der Waals surface area contributed by atoms with E-state index in [0.717, 1.165) is 5.69 Å². The lowest BCUT2D eigenvalue weighted by Gasteiger charge is -2.15. The minimum Gasteiger partial charge on any atom is -0.497 e. The summed E-state index contributed by atoms with van der Waals surface area (Å²) < 4.78 is 44.7. The van der Waals surface area contributed by atoms with Crippen molar-refractivity contribution in [3.05, 3.63) is 53.7 Å². The molecule has 0 amide bonds. The van der Waals surface area contributed by atoms with E-state index in [1.165, 1.54) is 14.2 Å². The van der Waals surface area contributed by atoms with Crippen molar-refractivity contribution < 1.29 is 22.4 Å². The summed E-state index contributed by atoms with van der Waals surface area (Å²) in [5.41, 5.74) is 2.34. The number of aromatic nitrogens is 1. The van der Waals surface area contributed by atoms with Crippen molar-refractivity contribution in [3.8, 4) is 22.8 Å². The van der Waals surface area contributed by atoms with Gasteiger partial charge in [-0.25, -0.2) is 8.42 Å². The molecule has 0 spiro atoms. The van der Waals surface area contributed by atoms with Gasteiger partial charge in [0.05, 0.1) is 30.5 Å². The van der Waals surface area contributed by atoms with Crippen LogP contribution in [-0.2, 0) is 16.4 Å². The number of nitrogens with zero attached hydrogens (tertiary/aromatic N) is 1. The number of methoxy groups -OCH3 is 2. The molecule has 7 nitrogen and oxygen atoms in total. The highest BCUT2D eigenvalue weighted by molar-refractivity contribution is 7.92. The van der Waals surface area contributed by atoms with E-state index in [-0.39, 0.29) is 4.90 Å². The van der Waals surface area contributed by atoms with E-state index in [4.69, 9.17) is 14.0 Å². The van der Waals surface area contributed by atoms with Gasteiger partial charge in [-0.15, -0.1) is 0 Å². The van der Waals surface area contributed by atoms with Gasteiger partial charge in [0.15, 0.2) is 5.76 Å². The molecule has 0 fully saturated rings. The number of nitrogens with one attached hydrogen (secondary N) is 1. The van der Waals surface area contributed by atoms with Crippen LogP contribution in [0.4, 0.5) is 5.69 Å². The number of sulfonamides is 1. The summed E-state index contributed by atoms with van der Waals surface area (Å²) in [7, 11) is -0.897. The molecule has 3 rings (SSSR count). The average Bonchev–Trinajstić information content (AvgIpc) is 3.13. The van der Waals surface area contributed by atoms with Gasteiger partial charge in [-0.3, -0.25) is 4.72 Å². The molecule has 0 unspecified atom stereocenters. The first kappa shape index (κ1) is 19.8. The minimum atomic E-state index is -3.88. The number of aryl methyl sites for hydroxylation is 2. The maximum atomic E-state index is 13.2. The quantitative estimate of drug-likeness (QED) is 0.642. The lowest BCUT2D eigenvalue weighted by molar-refractivity contribution is 0.405. The minimum absolute atomic E-state index is 0.173. The second-order valence-corrected chi connectivity index (χ2v) is 7.83. The molecule has 0 saturated carbocycles. The Balaban J connectivity index is 2.06. The highest BCUT2D eigenvalue weighted by atomic mass is 32.2. The largest absolute Gasteiger partial charge is 0.497 e. The van der Waals surface area contributed by atoms with Gasteiger partial charge in [0.2, 0.25) is 0 Å².